The number of aliphatic imine (C=N–C) groups is 1. The van der Waals surface area contributed by atoms with E-state index >= 15 is 0 Å². The maximum absolute atomic E-state index is 5.57. The SMILES string of the molecule is COc1ccccc1CN=C(N)C(Cl)(Cl)Cl. The molecule has 0 amide bonds. The molecular formula is C10H11Cl3N2O. The van der Waals surface area contributed by atoms with Crippen molar-refractivity contribution in [2.45, 2.75) is 10.3 Å². The van der Waals surface area contributed by atoms with Crippen molar-refractivity contribution in [3.63, 3.8) is 0 Å². The first-order chi connectivity index (χ1) is 7.45. The third-order valence-corrected chi connectivity index (χ3v) is 2.48. The Morgan fingerprint density at radius 1 is 1.38 bits per heavy atom. The summed E-state index contributed by atoms with van der Waals surface area (Å²) >= 11 is 16.7. The second-order valence-corrected chi connectivity index (χ2v) is 5.29. The topological polar surface area (TPSA) is 47.6 Å². The zero-order valence-electron chi connectivity index (χ0n) is 8.58. The predicted molar refractivity (Wildman–Crippen MR) is 68.6 cm³/mol. The third-order valence-electron chi connectivity index (χ3n) is 1.90. The first-order valence-corrected chi connectivity index (χ1v) is 5.57. The lowest BCUT2D eigenvalue weighted by Gasteiger charge is -2.10. The van der Waals surface area contributed by atoms with Crippen LogP contribution in [-0.4, -0.2) is 16.7 Å². The predicted octanol–water partition coefficient (Wildman–Crippen LogP) is 2.92. The molecule has 0 heterocycles. The van der Waals surface area contributed by atoms with Crippen molar-refractivity contribution in [1.82, 2.24) is 0 Å². The number of hydrogen-bond acceptors (Lipinski definition) is 2. The van der Waals surface area contributed by atoms with E-state index in [0.29, 0.717) is 6.54 Å². The van der Waals surface area contributed by atoms with Crippen molar-refractivity contribution < 1.29 is 4.74 Å². The van der Waals surface area contributed by atoms with Gasteiger partial charge in [-0.05, 0) is 6.07 Å². The summed E-state index contributed by atoms with van der Waals surface area (Å²) in [5.74, 6) is 0.687. The van der Waals surface area contributed by atoms with Crippen LogP contribution in [0.1, 0.15) is 5.56 Å². The molecule has 2 N–H and O–H groups in total. The highest BCUT2D eigenvalue weighted by atomic mass is 35.6. The van der Waals surface area contributed by atoms with Crippen molar-refractivity contribution in [2.24, 2.45) is 10.7 Å². The monoisotopic (exact) mass is 280 g/mol. The molecule has 1 aromatic carbocycles. The van der Waals surface area contributed by atoms with Gasteiger partial charge < -0.3 is 10.5 Å². The van der Waals surface area contributed by atoms with Crippen LogP contribution < -0.4 is 10.5 Å². The van der Waals surface area contributed by atoms with E-state index in [9.17, 15) is 0 Å². The fourth-order valence-electron chi connectivity index (χ4n) is 1.09. The molecule has 88 valence electrons. The molecular weight excluding hydrogens is 270 g/mol. The number of rotatable bonds is 3. The molecule has 1 rings (SSSR count). The minimum atomic E-state index is -1.66. The van der Waals surface area contributed by atoms with Gasteiger partial charge in [0, 0.05) is 5.56 Å². The largest absolute Gasteiger partial charge is 0.496 e. The van der Waals surface area contributed by atoms with Gasteiger partial charge in [-0.15, -0.1) is 0 Å². The average Bonchev–Trinajstić information content (AvgIpc) is 2.24. The van der Waals surface area contributed by atoms with Crippen LogP contribution in [-0.2, 0) is 6.54 Å². The molecule has 1 aromatic rings. The van der Waals surface area contributed by atoms with E-state index in [1.165, 1.54) is 0 Å². The van der Waals surface area contributed by atoms with Gasteiger partial charge in [-0.25, -0.2) is 0 Å². The Hall–Kier alpha value is -0.640. The summed E-state index contributed by atoms with van der Waals surface area (Å²) in [6.45, 7) is 0.309. The number of hydrogen-bond donors (Lipinski definition) is 1. The highest BCUT2D eigenvalue weighted by molar-refractivity contribution is 6.76. The molecule has 0 saturated heterocycles. The normalized spacial score (nSPS) is 12.6. The molecule has 16 heavy (non-hydrogen) atoms. The summed E-state index contributed by atoms with van der Waals surface area (Å²) < 4.78 is 3.49. The van der Waals surface area contributed by atoms with Crippen molar-refractivity contribution in [2.75, 3.05) is 7.11 Å². The molecule has 0 saturated carbocycles. The molecule has 0 radical (unpaired) electrons. The Bertz CT molecular complexity index is 388. The number of nitrogens with zero attached hydrogens (tertiary/aromatic N) is 1. The fourth-order valence-corrected chi connectivity index (χ4v) is 1.27. The summed E-state index contributed by atoms with van der Waals surface area (Å²) in [6, 6.07) is 7.44. The van der Waals surface area contributed by atoms with Crippen molar-refractivity contribution >= 4 is 40.6 Å². The van der Waals surface area contributed by atoms with E-state index < -0.39 is 3.79 Å². The number of nitrogens with two attached hydrogens (primary N) is 1. The summed E-state index contributed by atoms with van der Waals surface area (Å²) in [5.41, 5.74) is 6.38. The molecule has 3 nitrogen and oxygen atoms in total. The highest BCUT2D eigenvalue weighted by Gasteiger charge is 2.24. The molecule has 0 aliphatic carbocycles. The smallest absolute Gasteiger partial charge is 0.247 e. The molecule has 0 fully saturated rings. The highest BCUT2D eigenvalue weighted by Crippen LogP contribution is 2.26. The summed E-state index contributed by atoms with van der Waals surface area (Å²) in [7, 11) is 1.58. The summed E-state index contributed by atoms with van der Waals surface area (Å²) in [4.78, 5) is 3.99. The second-order valence-electron chi connectivity index (χ2n) is 3.01. The molecule has 0 aromatic heterocycles. The van der Waals surface area contributed by atoms with Gasteiger partial charge in [-0.3, -0.25) is 4.99 Å². The van der Waals surface area contributed by atoms with E-state index in [0.717, 1.165) is 11.3 Å². The van der Waals surface area contributed by atoms with Crippen molar-refractivity contribution in [3.8, 4) is 5.75 Å². The van der Waals surface area contributed by atoms with Gasteiger partial charge in [0.2, 0.25) is 3.79 Å². The quantitative estimate of drug-likeness (QED) is 0.526. The Labute approximate surface area is 109 Å². The first kappa shape index (κ1) is 13.4. The molecule has 0 unspecified atom stereocenters. The zero-order valence-corrected chi connectivity index (χ0v) is 10.9. The fraction of sp³-hybridized carbons (Fsp3) is 0.300. The Balaban J connectivity index is 2.82. The van der Waals surface area contributed by atoms with E-state index in [2.05, 4.69) is 4.99 Å². The maximum atomic E-state index is 5.57. The van der Waals surface area contributed by atoms with Crippen molar-refractivity contribution in [1.29, 1.82) is 0 Å². The Morgan fingerprint density at radius 3 is 2.56 bits per heavy atom. The molecule has 0 aliphatic rings. The van der Waals surface area contributed by atoms with E-state index in [1.54, 1.807) is 7.11 Å². The van der Waals surface area contributed by atoms with Gasteiger partial charge in [-0.2, -0.15) is 0 Å². The van der Waals surface area contributed by atoms with Gasteiger partial charge in [0.1, 0.15) is 11.6 Å². The third kappa shape index (κ3) is 3.74. The molecule has 6 heteroatoms. The van der Waals surface area contributed by atoms with Crippen molar-refractivity contribution in [3.05, 3.63) is 29.8 Å². The van der Waals surface area contributed by atoms with Crippen LogP contribution in [0.15, 0.2) is 29.3 Å². The van der Waals surface area contributed by atoms with Gasteiger partial charge >= 0.3 is 0 Å². The number of methoxy groups -OCH3 is 1. The number of para-hydroxylation sites is 1. The van der Waals surface area contributed by atoms with Crippen LogP contribution in [0, 0.1) is 0 Å². The lowest BCUT2D eigenvalue weighted by atomic mass is 10.2. The van der Waals surface area contributed by atoms with E-state index in [-0.39, 0.29) is 5.84 Å². The molecule has 0 atom stereocenters. The average molecular weight is 282 g/mol. The number of amidine groups is 1. The van der Waals surface area contributed by atoms with Crippen LogP contribution in [0.2, 0.25) is 0 Å². The lowest BCUT2D eigenvalue weighted by Crippen LogP contribution is -2.28. The van der Waals surface area contributed by atoms with Crippen LogP contribution in [0.25, 0.3) is 0 Å². The van der Waals surface area contributed by atoms with Crippen LogP contribution >= 0.6 is 34.8 Å². The van der Waals surface area contributed by atoms with Crippen LogP contribution in [0.4, 0.5) is 0 Å². The van der Waals surface area contributed by atoms with Gasteiger partial charge in [0.25, 0.3) is 0 Å². The standard InChI is InChI=1S/C10H11Cl3N2O/c1-16-8-5-3-2-4-7(8)6-15-9(14)10(11,12)13/h2-5H,6H2,1H3,(H2,14,15). The minimum Gasteiger partial charge on any atom is -0.496 e. The van der Waals surface area contributed by atoms with E-state index in [4.69, 9.17) is 45.3 Å². The summed E-state index contributed by atoms with van der Waals surface area (Å²) in [5, 5.41) is 0. The maximum Gasteiger partial charge on any atom is 0.247 e. The number of halogens is 3. The zero-order chi connectivity index (χ0) is 12.2. The first-order valence-electron chi connectivity index (χ1n) is 4.44. The molecule has 0 aliphatic heterocycles. The second kappa shape index (κ2) is 5.62. The number of ether oxygens (including phenoxy) is 1. The van der Waals surface area contributed by atoms with Gasteiger partial charge in [-0.1, -0.05) is 53.0 Å². The lowest BCUT2D eigenvalue weighted by molar-refractivity contribution is 0.410. The molecule has 0 bridgehead atoms. The Kier molecular flexibility index (Phi) is 4.71. The minimum absolute atomic E-state index is 0.0385. The number of benzene rings is 1. The molecule has 0 spiro atoms. The van der Waals surface area contributed by atoms with Crippen LogP contribution in [0.3, 0.4) is 0 Å². The number of alkyl halides is 3. The summed E-state index contributed by atoms with van der Waals surface area (Å²) in [6.07, 6.45) is 0. The van der Waals surface area contributed by atoms with E-state index in [1.807, 2.05) is 24.3 Å². The van der Waals surface area contributed by atoms with Crippen LogP contribution in [0.5, 0.6) is 5.75 Å². The van der Waals surface area contributed by atoms with Gasteiger partial charge in [0.15, 0.2) is 0 Å². The Morgan fingerprint density at radius 2 is 2.00 bits per heavy atom. The van der Waals surface area contributed by atoms with Gasteiger partial charge in [0.05, 0.1) is 13.7 Å².